The van der Waals surface area contributed by atoms with Crippen molar-refractivity contribution in [1.82, 2.24) is 25.5 Å². The molecule has 1 aliphatic carbocycles. The number of carbonyl (C=O) groups excluding carboxylic acids is 5. The van der Waals surface area contributed by atoms with E-state index in [-0.39, 0.29) is 59.1 Å². The van der Waals surface area contributed by atoms with Crippen LogP contribution in [0.4, 0.5) is 31.9 Å². The van der Waals surface area contributed by atoms with Gasteiger partial charge >= 0.3 is 5.92 Å². The molecule has 0 bridgehead atoms. The predicted molar refractivity (Wildman–Crippen MR) is 210 cm³/mol. The molecule has 15 nitrogen and oxygen atoms in total. The number of halogens is 2. The Kier molecular flexibility index (Phi) is 12.0. The Hall–Kier alpha value is -5.87. The molecule has 0 spiro atoms. The minimum Gasteiger partial charge on any atom is -0.495 e. The van der Waals surface area contributed by atoms with Crippen LogP contribution in [-0.4, -0.2) is 103 Å². The first kappa shape index (κ1) is 40.3. The summed E-state index contributed by atoms with van der Waals surface area (Å²) in [7, 11) is 2.77. The summed E-state index contributed by atoms with van der Waals surface area (Å²) < 4.78 is 41.4. The van der Waals surface area contributed by atoms with Crippen molar-refractivity contribution in [3.8, 4) is 11.5 Å². The lowest BCUT2D eigenvalue weighted by Crippen LogP contribution is -2.48. The van der Waals surface area contributed by atoms with E-state index in [9.17, 15) is 24.0 Å². The van der Waals surface area contributed by atoms with Gasteiger partial charge in [-0.15, -0.1) is 0 Å². The SMILES string of the molecule is COc1cc(C(=O)NC2CCN(C(=O)CCCOc3ccc(C4CCC(=O)NC4=O)cc3)CC2)ccc1Nc1ncc2c(n1)N(C1CCCC1)CC(F)(F)C(=O)N2C. The van der Waals surface area contributed by atoms with Gasteiger partial charge in [0.1, 0.15) is 17.2 Å². The number of nitrogens with one attached hydrogen (secondary N) is 3. The fourth-order valence-electron chi connectivity index (χ4n) is 8.08. The predicted octanol–water partition coefficient (Wildman–Crippen LogP) is 4.69. The number of methoxy groups -OCH3 is 1. The average Bonchev–Trinajstić information content (AvgIpc) is 3.75. The molecule has 7 rings (SSSR count). The van der Waals surface area contributed by atoms with E-state index in [1.807, 2.05) is 12.1 Å². The zero-order chi connectivity index (χ0) is 41.0. The average molecular weight is 803 g/mol. The summed E-state index contributed by atoms with van der Waals surface area (Å²) in [5.74, 6) is -4.70. The van der Waals surface area contributed by atoms with Gasteiger partial charge in [0.25, 0.3) is 11.8 Å². The van der Waals surface area contributed by atoms with Crippen molar-refractivity contribution in [3.63, 3.8) is 0 Å². The van der Waals surface area contributed by atoms with Gasteiger partial charge < -0.3 is 34.8 Å². The van der Waals surface area contributed by atoms with Gasteiger partial charge in [-0.25, -0.2) is 4.98 Å². The van der Waals surface area contributed by atoms with E-state index in [1.165, 1.54) is 25.3 Å². The van der Waals surface area contributed by atoms with Crippen LogP contribution >= 0.6 is 0 Å². The Bertz CT molecular complexity index is 2040. The van der Waals surface area contributed by atoms with Gasteiger partial charge in [0.2, 0.25) is 23.7 Å². The summed E-state index contributed by atoms with van der Waals surface area (Å²) in [5, 5.41) is 8.53. The van der Waals surface area contributed by atoms with E-state index in [0.717, 1.165) is 36.1 Å². The number of rotatable bonds is 12. The number of ether oxygens (including phenoxy) is 2. The number of amides is 5. The number of likely N-dealkylation sites (tertiary alicyclic amines) is 1. The van der Waals surface area contributed by atoms with Gasteiger partial charge in [-0.3, -0.25) is 29.3 Å². The quantitative estimate of drug-likeness (QED) is 0.171. The Morgan fingerprint density at radius 3 is 2.45 bits per heavy atom. The van der Waals surface area contributed by atoms with Crippen molar-refractivity contribution >= 4 is 52.7 Å². The molecule has 1 saturated carbocycles. The zero-order valence-electron chi connectivity index (χ0n) is 32.6. The zero-order valence-corrected chi connectivity index (χ0v) is 32.6. The second-order valence-corrected chi connectivity index (χ2v) is 15.2. The maximum absolute atomic E-state index is 15.0. The molecule has 308 valence electrons. The van der Waals surface area contributed by atoms with Crippen LogP contribution in [0.15, 0.2) is 48.7 Å². The topological polar surface area (TPSA) is 175 Å². The molecule has 58 heavy (non-hydrogen) atoms. The third-order valence-corrected chi connectivity index (χ3v) is 11.4. The number of piperidine rings is 2. The fraction of sp³-hybridized carbons (Fsp3) is 0.488. The van der Waals surface area contributed by atoms with Gasteiger partial charge in [0, 0.05) is 50.6 Å². The minimum atomic E-state index is -3.59. The Morgan fingerprint density at radius 1 is 1.00 bits per heavy atom. The molecule has 3 fully saturated rings. The molecule has 4 heterocycles. The second kappa shape index (κ2) is 17.3. The monoisotopic (exact) mass is 802 g/mol. The number of nitrogens with zero attached hydrogens (tertiary/aromatic N) is 5. The number of anilines is 4. The lowest BCUT2D eigenvalue weighted by molar-refractivity contribution is -0.140. The van der Waals surface area contributed by atoms with E-state index in [2.05, 4.69) is 25.9 Å². The van der Waals surface area contributed by atoms with E-state index in [0.29, 0.717) is 81.0 Å². The van der Waals surface area contributed by atoms with Crippen LogP contribution in [0.2, 0.25) is 0 Å². The Morgan fingerprint density at radius 2 is 1.74 bits per heavy atom. The van der Waals surface area contributed by atoms with Crippen molar-refractivity contribution in [2.75, 3.05) is 55.5 Å². The normalized spacial score (nSPS) is 20.0. The third-order valence-electron chi connectivity index (χ3n) is 11.4. The highest BCUT2D eigenvalue weighted by atomic mass is 19.3. The molecule has 1 aromatic heterocycles. The smallest absolute Gasteiger partial charge is 0.342 e. The molecule has 3 aromatic rings. The number of benzene rings is 2. The van der Waals surface area contributed by atoms with Crippen LogP contribution in [-0.2, 0) is 19.2 Å². The minimum absolute atomic E-state index is 0.0255. The van der Waals surface area contributed by atoms with Crippen LogP contribution in [0.5, 0.6) is 11.5 Å². The van der Waals surface area contributed by atoms with Crippen LogP contribution in [0, 0.1) is 0 Å². The molecular formula is C41H48F2N8O7. The summed E-state index contributed by atoms with van der Waals surface area (Å²) in [6, 6.07) is 11.8. The van der Waals surface area contributed by atoms with Crippen molar-refractivity contribution in [2.45, 2.75) is 88.1 Å². The molecule has 17 heteroatoms. The second-order valence-electron chi connectivity index (χ2n) is 15.2. The van der Waals surface area contributed by atoms with Crippen LogP contribution < -0.4 is 35.2 Å². The molecule has 4 aliphatic rings. The molecule has 3 aliphatic heterocycles. The number of alkyl halides is 2. The number of hydrogen-bond acceptors (Lipinski definition) is 11. The lowest BCUT2D eigenvalue weighted by atomic mass is 9.90. The largest absolute Gasteiger partial charge is 0.495 e. The van der Waals surface area contributed by atoms with Gasteiger partial charge in [-0.1, -0.05) is 25.0 Å². The summed E-state index contributed by atoms with van der Waals surface area (Å²) in [6.45, 7) is 0.615. The van der Waals surface area contributed by atoms with Crippen molar-refractivity contribution in [3.05, 3.63) is 59.8 Å². The summed E-state index contributed by atoms with van der Waals surface area (Å²) >= 11 is 0. The van der Waals surface area contributed by atoms with E-state index in [1.54, 1.807) is 35.2 Å². The van der Waals surface area contributed by atoms with Crippen molar-refractivity contribution in [1.29, 1.82) is 0 Å². The van der Waals surface area contributed by atoms with Gasteiger partial charge in [-0.2, -0.15) is 13.8 Å². The van der Waals surface area contributed by atoms with E-state index < -0.39 is 18.4 Å². The first-order chi connectivity index (χ1) is 27.9. The van der Waals surface area contributed by atoms with E-state index in [4.69, 9.17) is 9.47 Å². The Balaban J connectivity index is 0.882. The number of imide groups is 1. The number of carbonyl (C=O) groups is 5. The summed E-state index contributed by atoms with van der Waals surface area (Å²) in [5.41, 5.74) is 1.85. The highest BCUT2D eigenvalue weighted by Crippen LogP contribution is 2.40. The van der Waals surface area contributed by atoms with Crippen LogP contribution in [0.25, 0.3) is 0 Å². The summed E-state index contributed by atoms with van der Waals surface area (Å²) in [4.78, 5) is 75.6. The standard InChI is InChI=1S/C41H48F2N8O7/c1-49-32-23-44-40(48-36(32)51(28-6-3-4-7-28)24-41(42,43)39(49)56)46-31-15-11-26(22-33(31)57-2)37(54)45-27-17-19-50(20-18-27)35(53)8-5-21-58-29-12-9-25(10-13-29)30-14-16-34(52)47-38(30)55/h9-13,15,22-23,27-28,30H,3-8,14,16-21,24H2,1-2H3,(H,45,54)(H,44,46,48)(H,47,52,55). The first-order valence-corrected chi connectivity index (χ1v) is 19.8. The van der Waals surface area contributed by atoms with Gasteiger partial charge in [0.05, 0.1) is 38.1 Å². The highest BCUT2D eigenvalue weighted by Gasteiger charge is 2.49. The fourth-order valence-corrected chi connectivity index (χ4v) is 8.08. The highest BCUT2D eigenvalue weighted by molar-refractivity contribution is 6.02. The maximum atomic E-state index is 15.0. The van der Waals surface area contributed by atoms with E-state index >= 15 is 8.78 Å². The molecule has 5 amide bonds. The molecule has 2 saturated heterocycles. The van der Waals surface area contributed by atoms with Crippen molar-refractivity contribution < 1.29 is 42.2 Å². The molecule has 1 unspecified atom stereocenters. The lowest BCUT2D eigenvalue weighted by Gasteiger charge is -2.32. The van der Waals surface area contributed by atoms with Gasteiger partial charge in [0.15, 0.2) is 5.82 Å². The van der Waals surface area contributed by atoms with Crippen LogP contribution in [0.1, 0.15) is 86.0 Å². The van der Waals surface area contributed by atoms with Gasteiger partial charge in [-0.05, 0) is 74.4 Å². The summed E-state index contributed by atoms with van der Waals surface area (Å²) in [6.07, 6.45) is 7.49. The first-order valence-electron chi connectivity index (χ1n) is 19.8. The third kappa shape index (κ3) is 8.97. The van der Waals surface area contributed by atoms with Crippen LogP contribution in [0.3, 0.4) is 0 Å². The number of hydrogen-bond donors (Lipinski definition) is 3. The Labute approximate surface area is 334 Å². The molecule has 3 N–H and O–H groups in total. The molecule has 1 atom stereocenters. The number of fused-ring (bicyclic) bond motifs is 1. The molecular weight excluding hydrogens is 754 g/mol. The molecule has 2 aromatic carbocycles. The maximum Gasteiger partial charge on any atom is 0.342 e. The molecule has 0 radical (unpaired) electrons. The number of aromatic nitrogens is 2. The van der Waals surface area contributed by atoms with Crippen molar-refractivity contribution in [2.24, 2.45) is 0 Å².